The molecule has 1 aliphatic rings. The summed E-state index contributed by atoms with van der Waals surface area (Å²) in [6.07, 6.45) is 9.00. The Morgan fingerprint density at radius 3 is 2.84 bits per heavy atom. The van der Waals surface area contributed by atoms with Crippen molar-refractivity contribution >= 4 is 16.7 Å². The predicted octanol–water partition coefficient (Wildman–Crippen LogP) is 4.63. The van der Waals surface area contributed by atoms with Crippen molar-refractivity contribution in [2.45, 2.75) is 45.4 Å². The molecule has 3 rings (SSSR count). The van der Waals surface area contributed by atoms with E-state index in [2.05, 4.69) is 30.1 Å². The lowest BCUT2D eigenvalue weighted by Gasteiger charge is -2.20. The van der Waals surface area contributed by atoms with Crippen molar-refractivity contribution in [2.24, 2.45) is 5.92 Å². The van der Waals surface area contributed by atoms with Gasteiger partial charge in [0.1, 0.15) is 0 Å². The molecule has 1 saturated carbocycles. The highest BCUT2D eigenvalue weighted by Gasteiger charge is 2.19. The van der Waals surface area contributed by atoms with Gasteiger partial charge >= 0.3 is 0 Å². The molecule has 2 aromatic rings. The van der Waals surface area contributed by atoms with Crippen LogP contribution in [0.5, 0.6) is 0 Å². The van der Waals surface area contributed by atoms with Gasteiger partial charge in [-0.05, 0) is 25.0 Å². The average molecular weight is 255 g/mol. The van der Waals surface area contributed by atoms with E-state index in [1.807, 2.05) is 6.20 Å². The lowest BCUT2D eigenvalue weighted by molar-refractivity contribution is 0.0952. The fourth-order valence-electron chi connectivity index (χ4n) is 3.23. The molecule has 0 unspecified atom stereocenters. The Bertz CT molecular complexity index is 590. The van der Waals surface area contributed by atoms with Crippen molar-refractivity contribution < 1.29 is 4.79 Å². The summed E-state index contributed by atoms with van der Waals surface area (Å²) in [5, 5.41) is 1.08. The maximum absolute atomic E-state index is 12.5. The zero-order valence-corrected chi connectivity index (χ0v) is 11.5. The van der Waals surface area contributed by atoms with Crippen molar-refractivity contribution in [1.29, 1.82) is 0 Å². The summed E-state index contributed by atoms with van der Waals surface area (Å²) in [4.78, 5) is 15.7. The lowest BCUT2D eigenvalue weighted by Crippen LogP contribution is -2.12. The number of nitrogens with one attached hydrogen (secondary N) is 1. The molecule has 1 aromatic carbocycles. The van der Waals surface area contributed by atoms with Gasteiger partial charge in [0, 0.05) is 29.1 Å². The Labute approximate surface area is 114 Å². The molecule has 0 atom stereocenters. The summed E-state index contributed by atoms with van der Waals surface area (Å²) in [5.74, 6) is 0.916. The number of fused-ring (bicyclic) bond motifs is 1. The van der Waals surface area contributed by atoms with Crippen molar-refractivity contribution in [3.05, 3.63) is 35.5 Å². The number of rotatable bonds is 3. The van der Waals surface area contributed by atoms with Gasteiger partial charge in [0.05, 0.1) is 0 Å². The number of carbonyl (C=O) groups excluding carboxylic acids is 1. The zero-order chi connectivity index (χ0) is 13.2. The van der Waals surface area contributed by atoms with E-state index in [4.69, 9.17) is 0 Å². The van der Waals surface area contributed by atoms with E-state index in [0.29, 0.717) is 11.7 Å². The first-order valence-electron chi connectivity index (χ1n) is 7.35. The van der Waals surface area contributed by atoms with Crippen LogP contribution in [0.3, 0.4) is 0 Å². The summed E-state index contributed by atoms with van der Waals surface area (Å²) in [5.41, 5.74) is 3.15. The maximum atomic E-state index is 12.5. The van der Waals surface area contributed by atoms with Crippen LogP contribution in [0.1, 0.15) is 54.4 Å². The fraction of sp³-hybridized carbons (Fsp3) is 0.471. The molecule has 0 saturated heterocycles. The minimum atomic E-state index is 0.309. The van der Waals surface area contributed by atoms with Crippen molar-refractivity contribution in [1.82, 2.24) is 4.98 Å². The Morgan fingerprint density at radius 1 is 1.26 bits per heavy atom. The van der Waals surface area contributed by atoms with E-state index < -0.39 is 0 Å². The second-order valence-corrected chi connectivity index (χ2v) is 5.88. The molecule has 1 N–H and O–H groups in total. The van der Waals surface area contributed by atoms with Crippen LogP contribution < -0.4 is 0 Å². The van der Waals surface area contributed by atoms with Gasteiger partial charge in [-0.25, -0.2) is 0 Å². The Balaban J connectivity index is 1.82. The first kappa shape index (κ1) is 12.5. The van der Waals surface area contributed by atoms with Gasteiger partial charge in [-0.2, -0.15) is 0 Å². The van der Waals surface area contributed by atoms with Crippen LogP contribution in [0.15, 0.2) is 24.4 Å². The molecular formula is C17H21NO. The third-order valence-corrected chi connectivity index (χ3v) is 4.34. The van der Waals surface area contributed by atoms with E-state index in [1.54, 1.807) is 0 Å². The molecule has 0 amide bonds. The SMILES string of the molecule is Cc1ccc2[nH]cc(C(=O)CC3CCCCC3)c2c1. The molecule has 100 valence electrons. The Kier molecular flexibility index (Phi) is 3.41. The van der Waals surface area contributed by atoms with Gasteiger partial charge in [0.25, 0.3) is 0 Å². The van der Waals surface area contributed by atoms with Crippen LogP contribution in [0.4, 0.5) is 0 Å². The Hall–Kier alpha value is -1.57. The number of ketones is 1. The van der Waals surface area contributed by atoms with Gasteiger partial charge in [-0.3, -0.25) is 4.79 Å². The highest BCUT2D eigenvalue weighted by molar-refractivity contribution is 6.08. The van der Waals surface area contributed by atoms with Crippen LogP contribution in [0, 0.1) is 12.8 Å². The second kappa shape index (κ2) is 5.20. The third kappa shape index (κ3) is 2.58. The standard InChI is InChI=1S/C17H21NO/c1-12-7-8-16-14(9-12)15(11-18-16)17(19)10-13-5-3-2-4-6-13/h7-9,11,13,18H,2-6,10H2,1H3. The molecule has 0 bridgehead atoms. The molecule has 0 spiro atoms. The molecule has 0 aliphatic heterocycles. The molecule has 19 heavy (non-hydrogen) atoms. The number of aromatic amines is 1. The van der Waals surface area contributed by atoms with Gasteiger partial charge in [-0.15, -0.1) is 0 Å². The first-order chi connectivity index (χ1) is 9.24. The molecule has 2 nitrogen and oxygen atoms in total. The fourth-order valence-corrected chi connectivity index (χ4v) is 3.23. The van der Waals surface area contributed by atoms with E-state index in [-0.39, 0.29) is 0 Å². The largest absolute Gasteiger partial charge is 0.360 e. The number of carbonyl (C=O) groups is 1. The van der Waals surface area contributed by atoms with Crippen LogP contribution >= 0.6 is 0 Å². The van der Waals surface area contributed by atoms with Gasteiger partial charge in [-0.1, -0.05) is 43.7 Å². The minimum Gasteiger partial charge on any atom is -0.360 e. The predicted molar refractivity (Wildman–Crippen MR) is 78.6 cm³/mol. The summed E-state index contributed by atoms with van der Waals surface area (Å²) in [7, 11) is 0. The number of aromatic nitrogens is 1. The maximum Gasteiger partial charge on any atom is 0.165 e. The quantitative estimate of drug-likeness (QED) is 0.797. The van der Waals surface area contributed by atoms with Gasteiger partial charge < -0.3 is 4.98 Å². The molecule has 1 aliphatic carbocycles. The molecular weight excluding hydrogens is 234 g/mol. The van der Waals surface area contributed by atoms with Gasteiger partial charge in [0.2, 0.25) is 0 Å². The summed E-state index contributed by atoms with van der Waals surface area (Å²) in [6, 6.07) is 6.25. The summed E-state index contributed by atoms with van der Waals surface area (Å²) < 4.78 is 0. The molecule has 1 aromatic heterocycles. The average Bonchev–Trinajstić information content (AvgIpc) is 2.82. The smallest absolute Gasteiger partial charge is 0.165 e. The Morgan fingerprint density at radius 2 is 2.05 bits per heavy atom. The topological polar surface area (TPSA) is 32.9 Å². The van der Waals surface area contributed by atoms with Gasteiger partial charge in [0.15, 0.2) is 5.78 Å². The minimum absolute atomic E-state index is 0.309. The van der Waals surface area contributed by atoms with Crippen molar-refractivity contribution in [3.63, 3.8) is 0 Å². The van der Waals surface area contributed by atoms with Crippen LogP contribution in [0.25, 0.3) is 10.9 Å². The number of Topliss-reactive ketones (excluding diaryl/α,β-unsaturated/α-hetero) is 1. The van der Waals surface area contributed by atoms with E-state index >= 15 is 0 Å². The lowest BCUT2D eigenvalue weighted by atomic mass is 9.85. The number of hydrogen-bond donors (Lipinski definition) is 1. The van der Waals surface area contributed by atoms with E-state index in [9.17, 15) is 4.79 Å². The zero-order valence-electron chi connectivity index (χ0n) is 11.5. The number of hydrogen-bond acceptors (Lipinski definition) is 1. The number of H-pyrrole nitrogens is 1. The normalized spacial score (nSPS) is 16.9. The van der Waals surface area contributed by atoms with Crippen LogP contribution in [-0.4, -0.2) is 10.8 Å². The van der Waals surface area contributed by atoms with Crippen molar-refractivity contribution in [2.75, 3.05) is 0 Å². The number of aryl methyl sites for hydroxylation is 1. The second-order valence-electron chi connectivity index (χ2n) is 5.88. The van der Waals surface area contributed by atoms with E-state index in [0.717, 1.165) is 22.9 Å². The molecule has 2 heteroatoms. The first-order valence-corrected chi connectivity index (χ1v) is 7.35. The van der Waals surface area contributed by atoms with Crippen molar-refractivity contribution in [3.8, 4) is 0 Å². The van der Waals surface area contributed by atoms with Crippen LogP contribution in [0.2, 0.25) is 0 Å². The summed E-state index contributed by atoms with van der Waals surface area (Å²) >= 11 is 0. The third-order valence-electron chi connectivity index (χ3n) is 4.34. The molecule has 0 radical (unpaired) electrons. The molecule has 1 fully saturated rings. The summed E-state index contributed by atoms with van der Waals surface area (Å²) in [6.45, 7) is 2.07. The van der Waals surface area contributed by atoms with E-state index in [1.165, 1.54) is 37.7 Å². The highest BCUT2D eigenvalue weighted by Crippen LogP contribution is 2.29. The highest BCUT2D eigenvalue weighted by atomic mass is 16.1. The monoisotopic (exact) mass is 255 g/mol. The number of benzene rings is 1. The van der Waals surface area contributed by atoms with Crippen LogP contribution in [-0.2, 0) is 0 Å². The molecule has 1 heterocycles.